The number of aromatic nitrogens is 2. The molecule has 1 aliphatic heterocycles. The van der Waals surface area contributed by atoms with Crippen molar-refractivity contribution in [1.82, 2.24) is 9.97 Å². The summed E-state index contributed by atoms with van der Waals surface area (Å²) in [4.78, 5) is 18.0. The van der Waals surface area contributed by atoms with Gasteiger partial charge in [-0.1, -0.05) is 11.6 Å². The van der Waals surface area contributed by atoms with Gasteiger partial charge in [-0.05, 0) is 11.6 Å². The van der Waals surface area contributed by atoms with Crippen LogP contribution in [-0.4, -0.2) is 29.8 Å². The minimum atomic E-state index is -0.636. The third-order valence-corrected chi connectivity index (χ3v) is 2.48. The fourth-order valence-electron chi connectivity index (χ4n) is 1.33. The fraction of sp³-hybridized carbons (Fsp3) is 0.429. The maximum Gasteiger partial charge on any atom is 0.228 e. The lowest BCUT2D eigenvalue weighted by Gasteiger charge is -2.22. The second-order valence-electron chi connectivity index (χ2n) is 2.68. The Morgan fingerprint density at radius 3 is 2.60 bits per heavy atom. The van der Waals surface area contributed by atoms with Crippen molar-refractivity contribution in [3.8, 4) is 0 Å². The second kappa shape index (κ2) is 3.97. The lowest BCUT2D eigenvalue weighted by Crippen LogP contribution is -2.37. The molecule has 1 aliphatic rings. The predicted octanol–water partition coefficient (Wildman–Crippen LogP) is 1.40. The molecular weight excluding hydrogens is 243 g/mol. The van der Waals surface area contributed by atoms with Crippen LogP contribution in [0.15, 0.2) is 6.20 Å². The molecular formula is C7H8Cl2N4O2. The number of anilines is 2. The lowest BCUT2D eigenvalue weighted by molar-refractivity contribution is 0.109. The van der Waals surface area contributed by atoms with E-state index in [1.165, 1.54) is 30.5 Å². The zero-order valence-corrected chi connectivity index (χ0v) is 9.53. The molecule has 1 aromatic rings. The highest BCUT2D eigenvalue weighted by molar-refractivity contribution is 6.28. The molecule has 2 heterocycles. The topological polar surface area (TPSA) is 50.7 Å². The van der Waals surface area contributed by atoms with Gasteiger partial charge in [0.2, 0.25) is 10.9 Å². The van der Waals surface area contributed by atoms with Gasteiger partial charge in [0.25, 0.3) is 0 Å². The number of hydrogen-bond acceptors (Lipinski definition) is 6. The molecule has 0 bridgehead atoms. The van der Waals surface area contributed by atoms with Crippen LogP contribution in [0.5, 0.6) is 0 Å². The maximum absolute atomic E-state index is 6.05. The molecule has 6 nitrogen and oxygen atoms in total. The zero-order valence-electron chi connectivity index (χ0n) is 8.02. The SMILES string of the molecule is CON1c2cnc(Cl)nc2N(OC)C1Cl. The van der Waals surface area contributed by atoms with Crippen LogP contribution in [-0.2, 0) is 9.68 Å². The Hall–Kier alpha value is -0.820. The van der Waals surface area contributed by atoms with Gasteiger partial charge in [0.1, 0.15) is 5.69 Å². The fourth-order valence-corrected chi connectivity index (χ4v) is 1.82. The third kappa shape index (κ3) is 1.59. The van der Waals surface area contributed by atoms with Gasteiger partial charge in [-0.3, -0.25) is 9.68 Å². The standard InChI is InChI=1S/C7H8Cl2N4O2/c1-14-12-4-3-10-6(8)11-5(4)13(15-2)7(12)9/h3,7H,1-2H3. The number of alkyl halides is 1. The van der Waals surface area contributed by atoms with Crippen LogP contribution in [0.3, 0.4) is 0 Å². The van der Waals surface area contributed by atoms with E-state index in [2.05, 4.69) is 9.97 Å². The van der Waals surface area contributed by atoms with Crippen molar-refractivity contribution in [3.05, 3.63) is 11.5 Å². The molecule has 1 aromatic heterocycles. The Labute approximate surface area is 96.2 Å². The Balaban J connectivity index is 2.48. The number of nitrogens with zero attached hydrogens (tertiary/aromatic N) is 4. The van der Waals surface area contributed by atoms with E-state index in [0.29, 0.717) is 11.5 Å². The van der Waals surface area contributed by atoms with Crippen molar-refractivity contribution in [3.63, 3.8) is 0 Å². The quantitative estimate of drug-likeness (QED) is 0.450. The van der Waals surface area contributed by atoms with Crippen LogP contribution in [0.25, 0.3) is 0 Å². The molecule has 82 valence electrons. The number of rotatable bonds is 2. The molecule has 0 saturated heterocycles. The summed E-state index contributed by atoms with van der Waals surface area (Å²) in [5.74, 6) is 0.472. The molecule has 1 atom stereocenters. The molecule has 0 fully saturated rings. The average molecular weight is 251 g/mol. The van der Waals surface area contributed by atoms with Gasteiger partial charge in [0, 0.05) is 0 Å². The van der Waals surface area contributed by atoms with Crippen LogP contribution in [0.4, 0.5) is 11.5 Å². The van der Waals surface area contributed by atoms with E-state index in [9.17, 15) is 0 Å². The average Bonchev–Trinajstić information content (AvgIpc) is 2.48. The minimum Gasteiger partial charge on any atom is -0.273 e. The summed E-state index contributed by atoms with van der Waals surface area (Å²) in [6, 6.07) is 0. The second-order valence-corrected chi connectivity index (χ2v) is 3.40. The van der Waals surface area contributed by atoms with E-state index >= 15 is 0 Å². The summed E-state index contributed by atoms with van der Waals surface area (Å²) in [5.41, 5.74) is -0.0356. The number of fused-ring (bicyclic) bond motifs is 1. The van der Waals surface area contributed by atoms with E-state index in [1.807, 2.05) is 0 Å². The first kappa shape index (κ1) is 10.7. The molecule has 0 saturated carbocycles. The molecule has 0 aliphatic carbocycles. The largest absolute Gasteiger partial charge is 0.273 e. The summed E-state index contributed by atoms with van der Waals surface area (Å²) < 4.78 is 0. The molecule has 15 heavy (non-hydrogen) atoms. The molecule has 1 unspecified atom stereocenters. The first-order valence-electron chi connectivity index (χ1n) is 4.02. The summed E-state index contributed by atoms with van der Waals surface area (Å²) in [6.45, 7) is 0. The van der Waals surface area contributed by atoms with Crippen molar-refractivity contribution in [2.24, 2.45) is 0 Å². The van der Waals surface area contributed by atoms with Gasteiger partial charge in [0.05, 0.1) is 20.4 Å². The van der Waals surface area contributed by atoms with Crippen molar-refractivity contribution in [2.45, 2.75) is 5.62 Å². The van der Waals surface area contributed by atoms with Crippen LogP contribution in [0.2, 0.25) is 5.28 Å². The Morgan fingerprint density at radius 2 is 2.00 bits per heavy atom. The van der Waals surface area contributed by atoms with Gasteiger partial charge in [-0.2, -0.15) is 10.0 Å². The van der Waals surface area contributed by atoms with E-state index < -0.39 is 5.62 Å². The number of hydrogen-bond donors (Lipinski definition) is 0. The van der Waals surface area contributed by atoms with Crippen LogP contribution in [0.1, 0.15) is 0 Å². The van der Waals surface area contributed by atoms with Crippen molar-refractivity contribution >= 4 is 34.7 Å². The van der Waals surface area contributed by atoms with Crippen molar-refractivity contribution < 1.29 is 9.68 Å². The van der Waals surface area contributed by atoms with Crippen LogP contribution >= 0.6 is 23.2 Å². The first-order valence-corrected chi connectivity index (χ1v) is 4.83. The third-order valence-electron chi connectivity index (χ3n) is 1.95. The van der Waals surface area contributed by atoms with E-state index in [0.717, 1.165) is 0 Å². The first-order chi connectivity index (χ1) is 7.19. The predicted molar refractivity (Wildman–Crippen MR) is 55.7 cm³/mol. The van der Waals surface area contributed by atoms with Crippen molar-refractivity contribution in [1.29, 1.82) is 0 Å². The molecule has 2 rings (SSSR count). The highest BCUT2D eigenvalue weighted by Crippen LogP contribution is 2.39. The lowest BCUT2D eigenvalue weighted by atomic mass is 10.5. The van der Waals surface area contributed by atoms with Crippen molar-refractivity contribution in [2.75, 3.05) is 24.3 Å². The molecule has 0 amide bonds. The Kier molecular flexibility index (Phi) is 2.83. The van der Waals surface area contributed by atoms with Gasteiger partial charge < -0.3 is 0 Å². The summed E-state index contributed by atoms with van der Waals surface area (Å²) in [5, 5.41) is 2.91. The van der Waals surface area contributed by atoms with Gasteiger partial charge in [-0.25, -0.2) is 10.0 Å². The molecule has 0 aromatic carbocycles. The van der Waals surface area contributed by atoms with Gasteiger partial charge in [0.15, 0.2) is 5.82 Å². The van der Waals surface area contributed by atoms with E-state index in [1.54, 1.807) is 0 Å². The van der Waals surface area contributed by atoms with Crippen LogP contribution < -0.4 is 10.1 Å². The van der Waals surface area contributed by atoms with E-state index in [4.69, 9.17) is 32.9 Å². The smallest absolute Gasteiger partial charge is 0.228 e. The zero-order chi connectivity index (χ0) is 11.0. The van der Waals surface area contributed by atoms with Crippen LogP contribution in [0, 0.1) is 0 Å². The number of hydroxylamine groups is 2. The normalized spacial score (nSPS) is 19.6. The summed E-state index contributed by atoms with van der Waals surface area (Å²) in [7, 11) is 2.97. The molecule has 0 N–H and O–H groups in total. The summed E-state index contributed by atoms with van der Waals surface area (Å²) in [6.07, 6.45) is 1.52. The summed E-state index contributed by atoms with van der Waals surface area (Å²) >= 11 is 11.7. The molecule has 0 radical (unpaired) electrons. The highest BCUT2D eigenvalue weighted by Gasteiger charge is 2.37. The Morgan fingerprint density at radius 1 is 1.33 bits per heavy atom. The minimum absolute atomic E-state index is 0.123. The maximum atomic E-state index is 6.05. The molecule has 0 spiro atoms. The Bertz CT molecular complexity index is 378. The van der Waals surface area contributed by atoms with Gasteiger partial charge >= 0.3 is 0 Å². The highest BCUT2D eigenvalue weighted by atomic mass is 35.5. The van der Waals surface area contributed by atoms with E-state index in [-0.39, 0.29) is 5.28 Å². The van der Waals surface area contributed by atoms with Gasteiger partial charge in [-0.15, -0.1) is 0 Å². The number of halogens is 2. The monoisotopic (exact) mass is 250 g/mol. The molecule has 8 heteroatoms.